The van der Waals surface area contributed by atoms with Crippen LogP contribution in [0.5, 0.6) is 0 Å². The molecule has 0 amide bonds. The van der Waals surface area contributed by atoms with Crippen molar-refractivity contribution in [2.24, 2.45) is 0 Å². The molecule has 0 radical (unpaired) electrons. The largest absolute Gasteiger partial charge is 0.384 e. The van der Waals surface area contributed by atoms with Gasteiger partial charge in [0.05, 0.1) is 17.8 Å². The van der Waals surface area contributed by atoms with Gasteiger partial charge in [0.15, 0.2) is 5.78 Å². The Labute approximate surface area is 216 Å². The zero-order chi connectivity index (χ0) is 26.6. The van der Waals surface area contributed by atoms with Crippen LogP contribution < -0.4 is 11.3 Å². The number of aromatic nitrogens is 8. The molecule has 4 aromatic heterocycles. The van der Waals surface area contributed by atoms with E-state index >= 15 is 0 Å². The van der Waals surface area contributed by atoms with E-state index in [2.05, 4.69) is 30.5 Å². The minimum Gasteiger partial charge on any atom is -0.384 e. The van der Waals surface area contributed by atoms with Gasteiger partial charge in [0, 0.05) is 39.9 Å². The first-order valence-corrected chi connectivity index (χ1v) is 11.7. The van der Waals surface area contributed by atoms with E-state index in [1.807, 2.05) is 0 Å². The maximum Gasteiger partial charge on any atom is 0.251 e. The maximum absolute atomic E-state index is 14.7. The number of carbonyl (C=O) groups excluding carboxylic acids is 1. The standard InChI is InChI=1S/C24H16ClF2N9O2/c25-11-1-3-15(36-10-29-33-34-36)13(7-11)14-8-20(38)35(16-4-5-17(37)21(14)16)9-19-31-22(24(27)32-19)12-2-6-18(28)30-23(12)26/h1-3,6-8,10H,4-5,9H2,(H2,28,30)(H,31,32). The normalized spacial score (nSPS) is 12.8. The first-order valence-electron chi connectivity index (χ1n) is 11.3. The summed E-state index contributed by atoms with van der Waals surface area (Å²) in [7, 11) is 0. The summed E-state index contributed by atoms with van der Waals surface area (Å²) in [6.07, 6.45) is 1.87. The predicted molar refractivity (Wildman–Crippen MR) is 132 cm³/mol. The van der Waals surface area contributed by atoms with Crippen molar-refractivity contribution in [3.05, 3.63) is 87.1 Å². The number of fused-ring (bicyclic) bond motifs is 1. The summed E-state index contributed by atoms with van der Waals surface area (Å²) in [5.74, 6) is -2.03. The summed E-state index contributed by atoms with van der Waals surface area (Å²) in [6.45, 7) is -0.176. The fraction of sp³-hybridized carbons (Fsp3) is 0.125. The number of hydrogen-bond donors (Lipinski definition) is 2. The second-order valence-corrected chi connectivity index (χ2v) is 9.00. The number of nitrogens with two attached hydrogens (primary N) is 1. The molecule has 1 aromatic carbocycles. The van der Waals surface area contributed by atoms with Crippen LogP contribution in [0.1, 0.15) is 28.3 Å². The highest BCUT2D eigenvalue weighted by molar-refractivity contribution is 6.31. The fourth-order valence-corrected chi connectivity index (χ4v) is 4.80. The SMILES string of the molecule is Nc1ccc(-c2nc(Cn3c4c(c(-c5cc(Cl)ccc5-n5cnnn5)cc3=O)C(=O)CC4)[nH]c2F)c(F)n1. The lowest BCUT2D eigenvalue weighted by molar-refractivity contribution is 0.0995. The highest BCUT2D eigenvalue weighted by Crippen LogP contribution is 2.36. The Hall–Kier alpha value is -4.78. The van der Waals surface area contributed by atoms with Crippen molar-refractivity contribution in [1.29, 1.82) is 0 Å². The van der Waals surface area contributed by atoms with Gasteiger partial charge in [-0.2, -0.15) is 13.5 Å². The van der Waals surface area contributed by atoms with E-state index in [-0.39, 0.29) is 41.6 Å². The lowest BCUT2D eigenvalue weighted by atomic mass is 9.97. The number of ketones is 1. The van der Waals surface area contributed by atoms with E-state index in [1.165, 1.54) is 33.8 Å². The Morgan fingerprint density at radius 1 is 1.03 bits per heavy atom. The van der Waals surface area contributed by atoms with Crippen molar-refractivity contribution in [3.63, 3.8) is 0 Å². The summed E-state index contributed by atoms with van der Waals surface area (Å²) in [5, 5.41) is 11.6. The van der Waals surface area contributed by atoms with Crippen LogP contribution in [0.15, 0.2) is 47.5 Å². The molecule has 6 rings (SSSR count). The van der Waals surface area contributed by atoms with Crippen LogP contribution >= 0.6 is 11.6 Å². The van der Waals surface area contributed by atoms with Crippen LogP contribution in [0.4, 0.5) is 14.6 Å². The van der Waals surface area contributed by atoms with Gasteiger partial charge in [-0.15, -0.1) is 5.10 Å². The Morgan fingerprint density at radius 3 is 2.63 bits per heavy atom. The number of H-pyrrole nitrogens is 1. The van der Waals surface area contributed by atoms with Gasteiger partial charge < -0.3 is 15.3 Å². The maximum atomic E-state index is 14.7. The molecule has 0 saturated heterocycles. The van der Waals surface area contributed by atoms with Crippen LogP contribution in [-0.2, 0) is 13.0 Å². The molecule has 38 heavy (non-hydrogen) atoms. The molecule has 0 aliphatic heterocycles. The van der Waals surface area contributed by atoms with Crippen molar-refractivity contribution >= 4 is 23.2 Å². The molecule has 190 valence electrons. The minimum atomic E-state index is -0.977. The van der Waals surface area contributed by atoms with Crippen LogP contribution in [-0.4, -0.2) is 45.5 Å². The number of aromatic amines is 1. The van der Waals surface area contributed by atoms with Gasteiger partial charge in [-0.1, -0.05) is 11.6 Å². The molecule has 0 atom stereocenters. The zero-order valence-electron chi connectivity index (χ0n) is 19.3. The number of rotatable bonds is 5. The zero-order valence-corrected chi connectivity index (χ0v) is 20.1. The quantitative estimate of drug-likeness (QED) is 0.326. The summed E-state index contributed by atoms with van der Waals surface area (Å²) < 4.78 is 31.7. The molecule has 4 heterocycles. The number of tetrazole rings is 1. The number of nitrogens with zero attached hydrogens (tertiary/aromatic N) is 7. The molecule has 1 aliphatic rings. The summed E-state index contributed by atoms with van der Waals surface area (Å²) in [6, 6.07) is 8.88. The van der Waals surface area contributed by atoms with E-state index in [1.54, 1.807) is 18.2 Å². The van der Waals surface area contributed by atoms with Gasteiger partial charge in [0.25, 0.3) is 5.56 Å². The number of nitrogen functional groups attached to an aromatic ring is 1. The smallest absolute Gasteiger partial charge is 0.251 e. The third-order valence-electron chi connectivity index (χ3n) is 6.27. The van der Waals surface area contributed by atoms with Crippen molar-refractivity contribution in [3.8, 4) is 28.1 Å². The van der Waals surface area contributed by atoms with Crippen LogP contribution in [0, 0.1) is 11.9 Å². The molecule has 5 aromatic rings. The van der Waals surface area contributed by atoms with E-state index in [4.69, 9.17) is 17.3 Å². The molecule has 14 heteroatoms. The van der Waals surface area contributed by atoms with Crippen LogP contribution in [0.25, 0.3) is 28.1 Å². The molecule has 0 saturated carbocycles. The number of carbonyl (C=O) groups is 1. The Balaban J connectivity index is 1.46. The number of imidazole rings is 1. The van der Waals surface area contributed by atoms with Gasteiger partial charge in [0.1, 0.15) is 23.7 Å². The number of pyridine rings is 2. The molecular weight excluding hydrogens is 520 g/mol. The molecule has 3 N–H and O–H groups in total. The van der Waals surface area contributed by atoms with E-state index in [0.29, 0.717) is 39.5 Å². The van der Waals surface area contributed by atoms with Crippen LogP contribution in [0.3, 0.4) is 0 Å². The molecule has 0 bridgehead atoms. The second-order valence-electron chi connectivity index (χ2n) is 8.56. The number of halogens is 3. The number of nitrogens with one attached hydrogen (secondary N) is 1. The Kier molecular flexibility index (Phi) is 5.56. The van der Waals surface area contributed by atoms with Gasteiger partial charge in [0.2, 0.25) is 11.9 Å². The van der Waals surface area contributed by atoms with Gasteiger partial charge >= 0.3 is 0 Å². The van der Waals surface area contributed by atoms with E-state index < -0.39 is 17.5 Å². The number of Topliss-reactive ketones (excluding diaryl/α,β-unsaturated/α-hetero) is 1. The minimum absolute atomic E-state index is 0.0576. The summed E-state index contributed by atoms with van der Waals surface area (Å²) in [5.41, 5.74) is 6.77. The average molecular weight is 536 g/mol. The molecule has 11 nitrogen and oxygen atoms in total. The third kappa shape index (κ3) is 3.93. The summed E-state index contributed by atoms with van der Waals surface area (Å²) >= 11 is 6.27. The summed E-state index contributed by atoms with van der Waals surface area (Å²) in [4.78, 5) is 36.5. The van der Waals surface area contributed by atoms with Crippen molar-refractivity contribution in [2.75, 3.05) is 5.73 Å². The van der Waals surface area contributed by atoms with Crippen molar-refractivity contribution < 1.29 is 13.6 Å². The Bertz CT molecular complexity index is 1800. The molecule has 0 unspecified atom stereocenters. The first kappa shape index (κ1) is 23.6. The topological polar surface area (TPSA) is 150 Å². The fourth-order valence-electron chi connectivity index (χ4n) is 4.63. The average Bonchev–Trinajstić information content (AvgIpc) is 3.62. The van der Waals surface area contributed by atoms with Crippen molar-refractivity contribution in [1.82, 2.24) is 39.7 Å². The first-order chi connectivity index (χ1) is 18.3. The lowest BCUT2D eigenvalue weighted by Crippen LogP contribution is -2.25. The van der Waals surface area contributed by atoms with Gasteiger partial charge in [-0.25, -0.2) is 9.97 Å². The molecule has 0 fully saturated rings. The number of benzene rings is 1. The predicted octanol–water partition coefficient (Wildman–Crippen LogP) is 2.97. The highest BCUT2D eigenvalue weighted by atomic mass is 35.5. The van der Waals surface area contributed by atoms with Gasteiger partial charge in [-0.3, -0.25) is 9.59 Å². The van der Waals surface area contributed by atoms with E-state index in [0.717, 1.165) is 0 Å². The van der Waals surface area contributed by atoms with Crippen molar-refractivity contribution in [2.45, 2.75) is 19.4 Å². The Morgan fingerprint density at radius 2 is 1.87 bits per heavy atom. The third-order valence-corrected chi connectivity index (χ3v) is 6.51. The number of hydrogen-bond acceptors (Lipinski definition) is 8. The lowest BCUT2D eigenvalue weighted by Gasteiger charge is -2.16. The monoisotopic (exact) mass is 535 g/mol. The number of anilines is 1. The van der Waals surface area contributed by atoms with Crippen LogP contribution in [0.2, 0.25) is 5.02 Å². The molecular formula is C24H16ClF2N9O2. The van der Waals surface area contributed by atoms with Gasteiger partial charge in [-0.05, 0) is 47.2 Å². The molecule has 0 spiro atoms. The second kappa shape index (κ2) is 8.95. The van der Waals surface area contributed by atoms with E-state index in [9.17, 15) is 18.4 Å². The molecule has 1 aliphatic carbocycles. The highest BCUT2D eigenvalue weighted by Gasteiger charge is 2.30.